The standard InChI is InChI=1S/C16H25N3O3/c1-2-5-21-6-7-22-16(20)13-3-4-18-15(10-13)19-11-12-8-14(17)9-12/h3-4,10,12,14H,2,5-9,11,17H2,1H3,(H,18,19). The number of hydrogen-bond donors (Lipinski definition) is 2. The molecule has 1 saturated carbocycles. The van der Waals surface area contributed by atoms with E-state index in [1.54, 1.807) is 18.3 Å². The molecule has 0 atom stereocenters. The highest BCUT2D eigenvalue weighted by molar-refractivity contribution is 5.90. The van der Waals surface area contributed by atoms with Crippen molar-refractivity contribution in [2.24, 2.45) is 11.7 Å². The first kappa shape index (κ1) is 16.7. The van der Waals surface area contributed by atoms with Crippen molar-refractivity contribution in [3.63, 3.8) is 0 Å². The molecule has 0 spiro atoms. The summed E-state index contributed by atoms with van der Waals surface area (Å²) in [6, 6.07) is 3.71. The summed E-state index contributed by atoms with van der Waals surface area (Å²) in [5, 5.41) is 3.25. The Bertz CT molecular complexity index is 475. The molecular weight excluding hydrogens is 282 g/mol. The zero-order valence-electron chi connectivity index (χ0n) is 13.1. The summed E-state index contributed by atoms with van der Waals surface area (Å²) in [6.45, 7) is 4.26. The van der Waals surface area contributed by atoms with Crippen molar-refractivity contribution in [1.82, 2.24) is 4.98 Å². The third-order valence-electron chi connectivity index (χ3n) is 3.65. The van der Waals surface area contributed by atoms with E-state index in [0.717, 1.165) is 25.8 Å². The quantitative estimate of drug-likeness (QED) is 0.534. The molecule has 1 aromatic heterocycles. The fourth-order valence-corrected chi connectivity index (χ4v) is 2.38. The summed E-state index contributed by atoms with van der Waals surface area (Å²) < 4.78 is 10.4. The van der Waals surface area contributed by atoms with Crippen molar-refractivity contribution in [2.45, 2.75) is 32.2 Å². The molecule has 0 radical (unpaired) electrons. The lowest BCUT2D eigenvalue weighted by Gasteiger charge is -2.32. The van der Waals surface area contributed by atoms with Gasteiger partial charge in [0.2, 0.25) is 0 Å². The normalized spacial score (nSPS) is 20.3. The van der Waals surface area contributed by atoms with Crippen LogP contribution in [0.3, 0.4) is 0 Å². The van der Waals surface area contributed by atoms with Crippen LogP contribution < -0.4 is 11.1 Å². The topological polar surface area (TPSA) is 86.5 Å². The van der Waals surface area contributed by atoms with Crippen LogP contribution in [0.15, 0.2) is 18.3 Å². The average Bonchev–Trinajstić information content (AvgIpc) is 2.50. The number of anilines is 1. The third-order valence-corrected chi connectivity index (χ3v) is 3.65. The van der Waals surface area contributed by atoms with Gasteiger partial charge in [0, 0.05) is 25.4 Å². The smallest absolute Gasteiger partial charge is 0.338 e. The van der Waals surface area contributed by atoms with Crippen LogP contribution in [0.5, 0.6) is 0 Å². The number of carbonyl (C=O) groups excluding carboxylic acids is 1. The van der Waals surface area contributed by atoms with Gasteiger partial charge < -0.3 is 20.5 Å². The number of rotatable bonds is 9. The molecule has 0 bridgehead atoms. The first-order chi connectivity index (χ1) is 10.7. The van der Waals surface area contributed by atoms with Crippen molar-refractivity contribution < 1.29 is 14.3 Å². The molecule has 6 nitrogen and oxygen atoms in total. The Balaban J connectivity index is 1.73. The van der Waals surface area contributed by atoms with Crippen LogP contribution in [0, 0.1) is 5.92 Å². The van der Waals surface area contributed by atoms with Gasteiger partial charge in [-0.1, -0.05) is 6.92 Å². The van der Waals surface area contributed by atoms with Crippen LogP contribution in [0.1, 0.15) is 36.5 Å². The summed E-state index contributed by atoms with van der Waals surface area (Å²) >= 11 is 0. The van der Waals surface area contributed by atoms with E-state index in [9.17, 15) is 4.79 Å². The molecule has 1 fully saturated rings. The van der Waals surface area contributed by atoms with Gasteiger partial charge in [-0.05, 0) is 37.3 Å². The highest BCUT2D eigenvalue weighted by Crippen LogP contribution is 2.25. The van der Waals surface area contributed by atoms with Crippen molar-refractivity contribution in [2.75, 3.05) is 31.7 Å². The number of nitrogens with one attached hydrogen (secondary N) is 1. The highest BCUT2D eigenvalue weighted by Gasteiger charge is 2.25. The Morgan fingerprint density at radius 1 is 1.41 bits per heavy atom. The van der Waals surface area contributed by atoms with E-state index in [2.05, 4.69) is 10.3 Å². The predicted molar refractivity (Wildman–Crippen MR) is 84.8 cm³/mol. The maximum Gasteiger partial charge on any atom is 0.338 e. The monoisotopic (exact) mass is 307 g/mol. The van der Waals surface area contributed by atoms with E-state index in [-0.39, 0.29) is 12.6 Å². The Morgan fingerprint density at radius 3 is 2.95 bits per heavy atom. The highest BCUT2D eigenvalue weighted by atomic mass is 16.6. The van der Waals surface area contributed by atoms with Crippen LogP contribution in [-0.4, -0.2) is 43.4 Å². The third kappa shape index (κ3) is 5.27. The van der Waals surface area contributed by atoms with Gasteiger partial charge in [0.1, 0.15) is 12.4 Å². The average molecular weight is 307 g/mol. The summed E-state index contributed by atoms with van der Waals surface area (Å²) in [6.07, 6.45) is 4.66. The van der Waals surface area contributed by atoms with Crippen LogP contribution in [-0.2, 0) is 9.47 Å². The van der Waals surface area contributed by atoms with E-state index in [1.807, 2.05) is 6.92 Å². The minimum atomic E-state index is -0.351. The van der Waals surface area contributed by atoms with Crippen molar-refractivity contribution in [1.29, 1.82) is 0 Å². The lowest BCUT2D eigenvalue weighted by atomic mass is 9.81. The lowest BCUT2D eigenvalue weighted by Crippen LogP contribution is -2.39. The zero-order chi connectivity index (χ0) is 15.8. The SMILES string of the molecule is CCCOCCOC(=O)c1ccnc(NCC2CC(N)C2)c1. The van der Waals surface area contributed by atoms with E-state index >= 15 is 0 Å². The molecule has 22 heavy (non-hydrogen) atoms. The van der Waals surface area contributed by atoms with Gasteiger partial charge in [-0.15, -0.1) is 0 Å². The Labute approximate surface area is 131 Å². The molecule has 0 aromatic carbocycles. The second kappa shape index (κ2) is 8.70. The maximum absolute atomic E-state index is 11.9. The van der Waals surface area contributed by atoms with E-state index < -0.39 is 0 Å². The number of hydrogen-bond acceptors (Lipinski definition) is 6. The minimum Gasteiger partial charge on any atom is -0.460 e. The van der Waals surface area contributed by atoms with Crippen molar-refractivity contribution in [3.8, 4) is 0 Å². The number of aromatic nitrogens is 1. The first-order valence-corrected chi connectivity index (χ1v) is 7.89. The molecule has 1 aromatic rings. The van der Waals surface area contributed by atoms with Gasteiger partial charge in [-0.2, -0.15) is 0 Å². The molecule has 0 unspecified atom stereocenters. The van der Waals surface area contributed by atoms with Crippen LogP contribution >= 0.6 is 0 Å². The molecule has 1 aliphatic rings. The van der Waals surface area contributed by atoms with Gasteiger partial charge in [-0.3, -0.25) is 0 Å². The van der Waals surface area contributed by atoms with E-state index in [4.69, 9.17) is 15.2 Å². The van der Waals surface area contributed by atoms with E-state index in [1.165, 1.54) is 0 Å². The fourth-order valence-electron chi connectivity index (χ4n) is 2.38. The van der Waals surface area contributed by atoms with Gasteiger partial charge in [0.25, 0.3) is 0 Å². The Morgan fingerprint density at radius 2 is 2.23 bits per heavy atom. The Kier molecular flexibility index (Phi) is 6.61. The van der Waals surface area contributed by atoms with Gasteiger partial charge in [0.15, 0.2) is 0 Å². The first-order valence-electron chi connectivity index (χ1n) is 7.89. The van der Waals surface area contributed by atoms with Crippen LogP contribution in [0.25, 0.3) is 0 Å². The summed E-state index contributed by atoms with van der Waals surface area (Å²) in [5.41, 5.74) is 6.26. The molecule has 0 aliphatic heterocycles. The number of esters is 1. The maximum atomic E-state index is 11.9. The number of pyridine rings is 1. The van der Waals surface area contributed by atoms with Gasteiger partial charge >= 0.3 is 5.97 Å². The summed E-state index contributed by atoms with van der Waals surface area (Å²) in [5.74, 6) is 0.941. The van der Waals surface area contributed by atoms with Gasteiger partial charge in [0.05, 0.1) is 12.2 Å². The molecule has 122 valence electrons. The molecule has 1 heterocycles. The second-order valence-electron chi connectivity index (χ2n) is 5.66. The van der Waals surface area contributed by atoms with Crippen LogP contribution in [0.2, 0.25) is 0 Å². The van der Waals surface area contributed by atoms with Crippen LogP contribution in [0.4, 0.5) is 5.82 Å². The molecular formula is C16H25N3O3. The number of nitrogens with zero attached hydrogens (tertiary/aromatic N) is 1. The fraction of sp³-hybridized carbons (Fsp3) is 0.625. The largest absolute Gasteiger partial charge is 0.460 e. The number of ether oxygens (including phenoxy) is 2. The lowest BCUT2D eigenvalue weighted by molar-refractivity contribution is 0.0318. The zero-order valence-corrected chi connectivity index (χ0v) is 13.1. The number of carbonyl (C=O) groups is 1. The summed E-state index contributed by atoms with van der Waals surface area (Å²) in [7, 11) is 0. The molecule has 0 saturated heterocycles. The summed E-state index contributed by atoms with van der Waals surface area (Å²) in [4.78, 5) is 16.1. The molecule has 6 heteroatoms. The van der Waals surface area contributed by atoms with Crippen molar-refractivity contribution in [3.05, 3.63) is 23.9 Å². The second-order valence-corrected chi connectivity index (χ2v) is 5.66. The molecule has 1 aliphatic carbocycles. The predicted octanol–water partition coefficient (Wildman–Crippen LogP) is 1.81. The Hall–Kier alpha value is -1.66. The van der Waals surface area contributed by atoms with Crippen molar-refractivity contribution >= 4 is 11.8 Å². The molecule has 0 amide bonds. The van der Waals surface area contributed by atoms with E-state index in [0.29, 0.717) is 36.6 Å². The minimum absolute atomic E-state index is 0.268. The van der Waals surface area contributed by atoms with Gasteiger partial charge in [-0.25, -0.2) is 9.78 Å². The molecule has 2 rings (SSSR count). The number of nitrogens with two attached hydrogens (primary N) is 1. The molecule has 3 N–H and O–H groups in total.